The molecule has 4 aliphatic rings. The van der Waals surface area contributed by atoms with Crippen LogP contribution in [0.5, 0.6) is 0 Å². The summed E-state index contributed by atoms with van der Waals surface area (Å²) in [6.45, 7) is 6.12. The predicted molar refractivity (Wildman–Crippen MR) is 218 cm³/mol. The summed E-state index contributed by atoms with van der Waals surface area (Å²) in [7, 11) is 2.60. The third-order valence-electron chi connectivity index (χ3n) is 12.2. The quantitative estimate of drug-likeness (QED) is 0.172. The minimum Gasteiger partial charge on any atom is -0.453 e. The molecule has 3 fully saturated rings. The summed E-state index contributed by atoms with van der Waals surface area (Å²) in [6.07, 6.45) is 5.03. The molecule has 3 aliphatic heterocycles. The van der Waals surface area contributed by atoms with Gasteiger partial charge in [0.2, 0.25) is 11.8 Å². The smallest absolute Gasteiger partial charge is 0.407 e. The Labute approximate surface area is 343 Å². The number of H-pyrrole nitrogens is 2. The lowest BCUT2D eigenvalue weighted by Gasteiger charge is -2.34. The number of benzene rings is 2. The van der Waals surface area contributed by atoms with Gasteiger partial charge in [-0.05, 0) is 99.1 Å². The molecule has 4 atom stereocenters. The van der Waals surface area contributed by atoms with Gasteiger partial charge in [0.15, 0.2) is 0 Å². The zero-order chi connectivity index (χ0) is 41.2. The number of ether oxygens (including phenoxy) is 3. The van der Waals surface area contributed by atoms with Crippen molar-refractivity contribution >= 4 is 35.0 Å². The molecule has 0 radical (unpaired) electrons. The number of alkyl carbamates (subject to hydrolysis) is 2. The number of fused-ring (bicyclic) bond motifs is 4. The van der Waals surface area contributed by atoms with E-state index in [9.17, 15) is 19.2 Å². The second-order valence-electron chi connectivity index (χ2n) is 16.2. The first-order valence-corrected chi connectivity index (χ1v) is 20.7. The van der Waals surface area contributed by atoms with Gasteiger partial charge in [-0.2, -0.15) is 0 Å². The number of aromatic amines is 2. The Hall–Kier alpha value is -5.88. The number of methoxy groups -OCH3 is 2. The largest absolute Gasteiger partial charge is 0.453 e. The number of amides is 4. The third-order valence-corrected chi connectivity index (χ3v) is 12.2. The van der Waals surface area contributed by atoms with Crippen LogP contribution in [0.3, 0.4) is 0 Å². The van der Waals surface area contributed by atoms with Gasteiger partial charge in [0.25, 0.3) is 0 Å². The lowest BCUT2D eigenvalue weighted by molar-refractivity contribution is -0.137. The van der Waals surface area contributed by atoms with E-state index in [4.69, 9.17) is 24.2 Å². The second kappa shape index (κ2) is 17.1. The Kier molecular flexibility index (Phi) is 11.6. The van der Waals surface area contributed by atoms with Crippen molar-refractivity contribution in [2.45, 2.75) is 89.4 Å². The lowest BCUT2D eigenvalue weighted by Crippen LogP contribution is -2.53. The van der Waals surface area contributed by atoms with E-state index in [1.165, 1.54) is 19.8 Å². The van der Waals surface area contributed by atoms with Gasteiger partial charge in [0.1, 0.15) is 23.7 Å². The van der Waals surface area contributed by atoms with Gasteiger partial charge in [-0.3, -0.25) is 9.59 Å². The van der Waals surface area contributed by atoms with Gasteiger partial charge in [-0.15, -0.1) is 0 Å². The lowest BCUT2D eigenvalue weighted by atomic mass is 9.90. The number of carbonyl (C=O) groups is 4. The van der Waals surface area contributed by atoms with Crippen LogP contribution in [0.4, 0.5) is 9.59 Å². The first-order valence-electron chi connectivity index (χ1n) is 20.7. The highest BCUT2D eigenvalue weighted by Gasteiger charge is 2.41. The molecule has 4 aromatic rings. The zero-order valence-electron chi connectivity index (χ0n) is 34.1. The molecule has 3 saturated heterocycles. The number of rotatable bonds is 8. The van der Waals surface area contributed by atoms with E-state index in [-0.39, 0.29) is 35.7 Å². The summed E-state index contributed by atoms with van der Waals surface area (Å²) in [5.41, 5.74) is 7.59. The number of likely N-dealkylation sites (tertiary alicyclic amines) is 2. The zero-order valence-corrected chi connectivity index (χ0v) is 34.1. The molecule has 0 saturated carbocycles. The molecule has 8 rings (SSSR count). The van der Waals surface area contributed by atoms with Crippen molar-refractivity contribution in [1.82, 2.24) is 40.4 Å². The van der Waals surface area contributed by atoms with Gasteiger partial charge in [0, 0.05) is 48.7 Å². The predicted octanol–water partition coefficient (Wildman–Crippen LogP) is 5.31. The fraction of sp³-hybridized carbons (Fsp3) is 0.500. The first-order chi connectivity index (χ1) is 28.6. The summed E-state index contributed by atoms with van der Waals surface area (Å²) in [5.74, 6) is 7.79. The molecule has 4 amide bonds. The van der Waals surface area contributed by atoms with Crippen LogP contribution >= 0.6 is 0 Å². The molecule has 15 heteroatoms. The van der Waals surface area contributed by atoms with Crippen LogP contribution in [-0.4, -0.2) is 106 Å². The molecular formula is C44H52N8O7. The fourth-order valence-corrected chi connectivity index (χ4v) is 9.07. The first kappa shape index (κ1) is 39.9. The van der Waals surface area contributed by atoms with E-state index in [1.54, 1.807) is 0 Å². The second-order valence-corrected chi connectivity index (χ2v) is 16.2. The Balaban J connectivity index is 0.968. The van der Waals surface area contributed by atoms with Crippen molar-refractivity contribution in [1.29, 1.82) is 0 Å². The van der Waals surface area contributed by atoms with Crippen molar-refractivity contribution in [3.63, 3.8) is 0 Å². The van der Waals surface area contributed by atoms with E-state index in [0.29, 0.717) is 39.1 Å². The van der Waals surface area contributed by atoms with Crippen molar-refractivity contribution in [3.8, 4) is 23.1 Å². The summed E-state index contributed by atoms with van der Waals surface area (Å²) in [5, 5.41) is 5.53. The molecule has 2 aromatic carbocycles. The number of aryl methyl sites for hydroxylation is 2. The van der Waals surface area contributed by atoms with E-state index in [1.807, 2.05) is 47.9 Å². The molecule has 0 unspecified atom stereocenters. The van der Waals surface area contributed by atoms with Gasteiger partial charge in [-0.25, -0.2) is 19.6 Å². The van der Waals surface area contributed by atoms with Crippen LogP contribution in [-0.2, 0) is 36.6 Å². The number of carbonyl (C=O) groups excluding carboxylic acids is 4. The Bertz CT molecular complexity index is 2300. The summed E-state index contributed by atoms with van der Waals surface area (Å²) < 4.78 is 15.2. The summed E-state index contributed by atoms with van der Waals surface area (Å²) >= 11 is 0. The third kappa shape index (κ3) is 8.23. The SMILES string of the molecule is COC(=O)N[C@H](C(=O)N1CCC[C@H]1c1nc2c([nH]1)CCc1cc(C#Cc3ccc4nc([C@@H]5CCCN5C(=O)[C@@H](NC(=O)OC)C5CCOCC5)[nH]c4c3)ccc1-2)C(C)C. The number of nitrogens with one attached hydrogen (secondary N) is 4. The van der Waals surface area contributed by atoms with Gasteiger partial charge in [-0.1, -0.05) is 31.8 Å². The van der Waals surface area contributed by atoms with Gasteiger partial charge >= 0.3 is 12.2 Å². The average molecular weight is 805 g/mol. The highest BCUT2D eigenvalue weighted by Crippen LogP contribution is 2.38. The molecule has 310 valence electrons. The monoisotopic (exact) mass is 804 g/mol. The van der Waals surface area contributed by atoms with Crippen molar-refractivity contribution in [2.24, 2.45) is 11.8 Å². The topological polar surface area (TPSA) is 184 Å². The van der Waals surface area contributed by atoms with Crippen LogP contribution in [0.15, 0.2) is 36.4 Å². The molecule has 15 nitrogen and oxygen atoms in total. The number of aromatic nitrogens is 4. The highest BCUT2D eigenvalue weighted by atomic mass is 16.5. The maximum absolute atomic E-state index is 14.0. The highest BCUT2D eigenvalue weighted by molar-refractivity contribution is 5.87. The Morgan fingerprint density at radius 1 is 0.797 bits per heavy atom. The van der Waals surface area contributed by atoms with Crippen molar-refractivity contribution < 1.29 is 33.4 Å². The Morgan fingerprint density at radius 3 is 2.14 bits per heavy atom. The van der Waals surface area contributed by atoms with E-state index >= 15 is 0 Å². The number of hydrogen-bond donors (Lipinski definition) is 4. The molecule has 5 heterocycles. The Morgan fingerprint density at radius 2 is 1.44 bits per heavy atom. The van der Waals surface area contributed by atoms with Crippen LogP contribution in [0, 0.1) is 23.7 Å². The van der Waals surface area contributed by atoms with Crippen molar-refractivity contribution in [3.05, 3.63) is 70.4 Å². The van der Waals surface area contributed by atoms with Gasteiger partial charge < -0.3 is 44.6 Å². The maximum atomic E-state index is 14.0. The van der Waals surface area contributed by atoms with E-state index < -0.39 is 24.3 Å². The van der Waals surface area contributed by atoms with Crippen molar-refractivity contribution in [2.75, 3.05) is 40.5 Å². The normalized spacial score (nSPS) is 20.0. The van der Waals surface area contributed by atoms with Crippen LogP contribution < -0.4 is 10.6 Å². The fourth-order valence-electron chi connectivity index (χ4n) is 9.07. The molecule has 0 bridgehead atoms. The van der Waals surface area contributed by atoms with Gasteiger partial charge in [0.05, 0.1) is 43.0 Å². The molecule has 1 aliphatic carbocycles. The minimum absolute atomic E-state index is 0.0337. The van der Waals surface area contributed by atoms with Crippen LogP contribution in [0.25, 0.3) is 22.3 Å². The number of imidazole rings is 2. The number of hydrogen-bond acceptors (Lipinski definition) is 9. The minimum atomic E-state index is -0.692. The van der Waals surface area contributed by atoms with E-state index in [2.05, 4.69) is 44.6 Å². The molecule has 2 aromatic heterocycles. The number of nitrogens with zero attached hydrogens (tertiary/aromatic N) is 4. The molecule has 4 N–H and O–H groups in total. The average Bonchev–Trinajstić information content (AvgIpc) is 4.09. The molecule has 59 heavy (non-hydrogen) atoms. The van der Waals surface area contributed by atoms with Crippen LogP contribution in [0.1, 0.15) is 98.5 Å². The molecule has 0 spiro atoms. The maximum Gasteiger partial charge on any atom is 0.407 e. The summed E-state index contributed by atoms with van der Waals surface area (Å²) in [4.78, 5) is 72.7. The standard InChI is InChI=1S/C44H52N8O7/c1-25(2)36(49-43(55)57-3)41(53)51-19-6-8-35(51)40-46-32-16-13-29-23-26(11-14-30(29)38(32)48-40)9-10-27-12-15-31-33(24-27)47-39(45-31)34-7-5-20-52(34)42(54)37(50-44(56)58-4)28-17-21-59-22-18-28/h11-12,14-15,23-25,28,34-37H,5-8,13,16-22H2,1-4H3,(H,45,47)(H,46,48)(H,49,55)(H,50,56)/t34-,35-,36-,37-/m0/s1. The molecular weight excluding hydrogens is 753 g/mol. The van der Waals surface area contributed by atoms with E-state index in [0.717, 1.165) is 89.3 Å². The summed E-state index contributed by atoms with van der Waals surface area (Å²) in [6, 6.07) is 10.3. The van der Waals surface area contributed by atoms with Crippen LogP contribution in [0.2, 0.25) is 0 Å².